The second kappa shape index (κ2) is 7.97. The quantitative estimate of drug-likeness (QED) is 0.427. The zero-order valence-corrected chi connectivity index (χ0v) is 19.5. The van der Waals surface area contributed by atoms with Crippen molar-refractivity contribution in [1.29, 1.82) is 0 Å². The Morgan fingerprint density at radius 1 is 1.15 bits per heavy atom. The fourth-order valence-electron chi connectivity index (χ4n) is 5.12. The van der Waals surface area contributed by atoms with E-state index >= 15 is 0 Å². The third-order valence-corrected chi connectivity index (χ3v) is 8.56. The molecule has 0 amide bonds. The minimum absolute atomic E-state index is 0.0587. The first kappa shape index (κ1) is 20.9. The highest BCUT2D eigenvalue weighted by atomic mass is 32.2. The predicted molar refractivity (Wildman–Crippen MR) is 132 cm³/mol. The Hall–Kier alpha value is -2.68. The van der Waals surface area contributed by atoms with E-state index in [1.165, 1.54) is 11.1 Å². The fraction of sp³-hybridized carbons (Fsp3) is 0.400. The smallest absolute Gasteiger partial charge is 0.144 e. The minimum Gasteiger partial charge on any atom is -0.389 e. The third kappa shape index (κ3) is 3.57. The van der Waals surface area contributed by atoms with Crippen molar-refractivity contribution in [2.24, 2.45) is 0 Å². The van der Waals surface area contributed by atoms with Gasteiger partial charge in [0.05, 0.1) is 17.3 Å². The molecule has 0 aliphatic carbocycles. The topological polar surface area (TPSA) is 96.1 Å². The highest BCUT2D eigenvalue weighted by molar-refractivity contribution is 8.00. The maximum absolute atomic E-state index is 10.8. The first-order valence-electron chi connectivity index (χ1n) is 11.5. The van der Waals surface area contributed by atoms with Crippen LogP contribution in [0.4, 0.5) is 5.82 Å². The van der Waals surface area contributed by atoms with Gasteiger partial charge in [-0.05, 0) is 62.4 Å². The van der Waals surface area contributed by atoms with Crippen LogP contribution in [0.2, 0.25) is 0 Å². The number of aliphatic hydroxyl groups excluding tert-OH is 2. The van der Waals surface area contributed by atoms with Gasteiger partial charge in [-0.3, -0.25) is 0 Å². The summed E-state index contributed by atoms with van der Waals surface area (Å²) in [5, 5.41) is 26.9. The molecule has 6 rings (SSSR count). The molecule has 170 valence electrons. The number of nitrogens with one attached hydrogen (secondary N) is 1. The van der Waals surface area contributed by atoms with Gasteiger partial charge in [-0.2, -0.15) is 0 Å². The molecule has 5 atom stereocenters. The number of aromatic nitrogens is 4. The number of hydrogen-bond acceptors (Lipinski definition) is 7. The van der Waals surface area contributed by atoms with Crippen LogP contribution < -0.4 is 5.32 Å². The van der Waals surface area contributed by atoms with Crippen LogP contribution in [0, 0.1) is 6.92 Å². The van der Waals surface area contributed by atoms with E-state index in [1.54, 1.807) is 18.1 Å². The van der Waals surface area contributed by atoms with Crippen LogP contribution in [0.25, 0.3) is 21.9 Å². The van der Waals surface area contributed by atoms with E-state index in [2.05, 4.69) is 46.5 Å². The van der Waals surface area contributed by atoms with Gasteiger partial charge >= 0.3 is 0 Å². The van der Waals surface area contributed by atoms with Crippen molar-refractivity contribution < 1.29 is 10.2 Å². The highest BCUT2D eigenvalue weighted by Crippen LogP contribution is 2.45. The Bertz CT molecular complexity index is 1360. The Morgan fingerprint density at radius 3 is 2.91 bits per heavy atom. The van der Waals surface area contributed by atoms with Crippen molar-refractivity contribution in [3.05, 3.63) is 59.7 Å². The van der Waals surface area contributed by atoms with E-state index in [1.807, 2.05) is 23.8 Å². The molecule has 2 aliphatic heterocycles. The Morgan fingerprint density at radius 2 is 2.03 bits per heavy atom. The van der Waals surface area contributed by atoms with Gasteiger partial charge in [0.2, 0.25) is 0 Å². The largest absolute Gasteiger partial charge is 0.389 e. The van der Waals surface area contributed by atoms with Crippen molar-refractivity contribution in [1.82, 2.24) is 19.5 Å². The lowest BCUT2D eigenvalue weighted by Gasteiger charge is -2.17. The molecule has 1 saturated heterocycles. The number of aryl methyl sites for hydroxylation is 2. The lowest BCUT2D eigenvalue weighted by Crippen LogP contribution is -2.31. The summed E-state index contributed by atoms with van der Waals surface area (Å²) < 4.78 is 1.97. The van der Waals surface area contributed by atoms with Gasteiger partial charge in [0.1, 0.15) is 29.3 Å². The van der Waals surface area contributed by atoms with Gasteiger partial charge < -0.3 is 20.1 Å². The van der Waals surface area contributed by atoms with Gasteiger partial charge in [0.15, 0.2) is 0 Å². The summed E-state index contributed by atoms with van der Waals surface area (Å²) in [6.07, 6.45) is 4.46. The Balaban J connectivity index is 1.19. The van der Waals surface area contributed by atoms with E-state index in [4.69, 9.17) is 4.98 Å². The molecule has 3 N–H and O–H groups in total. The average molecular weight is 462 g/mol. The molecule has 2 aliphatic rings. The molecule has 3 aromatic heterocycles. The van der Waals surface area contributed by atoms with Crippen molar-refractivity contribution in [3.8, 4) is 0 Å². The van der Waals surface area contributed by atoms with E-state index in [0.717, 1.165) is 52.7 Å². The van der Waals surface area contributed by atoms with Crippen LogP contribution in [0.15, 0.2) is 42.9 Å². The molecule has 0 bridgehead atoms. The average Bonchev–Trinajstić information content (AvgIpc) is 3.46. The van der Waals surface area contributed by atoms with Gasteiger partial charge in [0.25, 0.3) is 0 Å². The van der Waals surface area contributed by atoms with Gasteiger partial charge in [0, 0.05) is 28.3 Å². The van der Waals surface area contributed by atoms with E-state index in [9.17, 15) is 10.2 Å². The molecule has 7 nitrogen and oxygen atoms in total. The SMILES string of the molecule is Cc1ncnc2c1ccn2[C@@H]1S[C@@H](CCc2ccc3cc4c(nc3c2)N[C@H](C)C4)[C@@H](O)[C@H]1O. The molecule has 0 spiro atoms. The lowest BCUT2D eigenvalue weighted by atomic mass is 10.0. The molecule has 0 unspecified atom stereocenters. The Labute approximate surface area is 196 Å². The third-order valence-electron chi connectivity index (χ3n) is 6.91. The normalized spacial score (nSPS) is 26.7. The first-order chi connectivity index (χ1) is 16.0. The van der Waals surface area contributed by atoms with Crippen molar-refractivity contribution in [2.75, 3.05) is 5.32 Å². The standard InChI is InChI=1S/C25H27N5O2S/c1-13-9-17-11-16-5-3-15(10-19(16)29-23(17)28-13)4-6-20-21(31)22(32)25(33-20)30-8-7-18-14(2)26-12-27-24(18)30/h3,5,7-8,10-13,20-22,25,31-32H,4,6,9H2,1-2H3,(H,28,29)/t13-,20+,21-,22-,25-/m1/s1. The maximum atomic E-state index is 10.8. The number of hydrogen-bond donors (Lipinski definition) is 3. The van der Waals surface area contributed by atoms with Gasteiger partial charge in [-0.25, -0.2) is 15.0 Å². The molecule has 33 heavy (non-hydrogen) atoms. The summed E-state index contributed by atoms with van der Waals surface area (Å²) in [4.78, 5) is 13.5. The van der Waals surface area contributed by atoms with Crippen LogP contribution in [0.5, 0.6) is 0 Å². The van der Waals surface area contributed by atoms with Gasteiger partial charge in [-0.15, -0.1) is 11.8 Å². The summed E-state index contributed by atoms with van der Waals surface area (Å²) >= 11 is 1.62. The zero-order valence-electron chi connectivity index (χ0n) is 18.6. The van der Waals surface area contributed by atoms with Crippen molar-refractivity contribution in [2.45, 2.75) is 62.0 Å². The van der Waals surface area contributed by atoms with E-state index in [0.29, 0.717) is 6.04 Å². The predicted octanol–water partition coefficient (Wildman–Crippen LogP) is 3.61. The number of rotatable bonds is 4. The number of fused-ring (bicyclic) bond motifs is 3. The van der Waals surface area contributed by atoms with Crippen molar-refractivity contribution in [3.63, 3.8) is 0 Å². The van der Waals surface area contributed by atoms with E-state index < -0.39 is 12.2 Å². The highest BCUT2D eigenvalue weighted by Gasteiger charge is 2.43. The van der Waals surface area contributed by atoms with E-state index in [-0.39, 0.29) is 10.6 Å². The second-order valence-corrected chi connectivity index (χ2v) is 10.6. The molecule has 1 fully saturated rings. The van der Waals surface area contributed by atoms with Crippen molar-refractivity contribution >= 4 is 39.5 Å². The van der Waals surface area contributed by atoms with Crippen LogP contribution in [-0.4, -0.2) is 53.2 Å². The minimum atomic E-state index is -0.847. The molecule has 0 saturated carbocycles. The lowest BCUT2D eigenvalue weighted by molar-refractivity contribution is 0.0176. The monoisotopic (exact) mass is 461 g/mol. The number of aliphatic hydroxyl groups is 2. The van der Waals surface area contributed by atoms with Crippen LogP contribution in [0.3, 0.4) is 0 Å². The molecule has 0 radical (unpaired) electrons. The van der Waals surface area contributed by atoms with Crippen LogP contribution in [0.1, 0.15) is 35.5 Å². The summed E-state index contributed by atoms with van der Waals surface area (Å²) in [5.74, 6) is 0.998. The fourth-order valence-corrected chi connectivity index (χ4v) is 6.67. The maximum Gasteiger partial charge on any atom is 0.144 e. The molecular weight excluding hydrogens is 434 g/mol. The zero-order chi connectivity index (χ0) is 22.7. The first-order valence-corrected chi connectivity index (χ1v) is 12.4. The summed E-state index contributed by atoms with van der Waals surface area (Å²) in [7, 11) is 0. The number of pyridine rings is 1. The summed E-state index contributed by atoms with van der Waals surface area (Å²) in [6, 6.07) is 11.1. The summed E-state index contributed by atoms with van der Waals surface area (Å²) in [5.41, 5.74) is 5.18. The number of benzene rings is 1. The Kier molecular flexibility index (Phi) is 5.05. The van der Waals surface area contributed by atoms with Gasteiger partial charge in [-0.1, -0.05) is 12.1 Å². The molecule has 8 heteroatoms. The second-order valence-electron chi connectivity index (χ2n) is 9.28. The molecule has 5 heterocycles. The molecular formula is C25H27N5O2S. The molecule has 1 aromatic carbocycles. The van der Waals surface area contributed by atoms with Crippen LogP contribution in [-0.2, 0) is 12.8 Å². The van der Waals surface area contributed by atoms with Crippen LogP contribution >= 0.6 is 11.8 Å². The number of thioether (sulfide) groups is 1. The number of nitrogens with zero attached hydrogens (tertiary/aromatic N) is 4. The number of anilines is 1. The summed E-state index contributed by atoms with van der Waals surface area (Å²) in [6.45, 7) is 4.13. The molecule has 4 aromatic rings.